The second-order valence-electron chi connectivity index (χ2n) is 5.02. The molecule has 0 saturated carbocycles. The molecule has 0 aliphatic heterocycles. The number of rotatable bonds is 3. The summed E-state index contributed by atoms with van der Waals surface area (Å²) < 4.78 is 0. The quantitative estimate of drug-likeness (QED) is 0.644. The van der Waals surface area contributed by atoms with Crippen LogP contribution in [0.1, 0.15) is 11.3 Å². The zero-order valence-electron chi connectivity index (χ0n) is 11.7. The van der Waals surface area contributed by atoms with Crippen LogP contribution < -0.4 is 5.32 Å². The minimum Gasteiger partial charge on any atom is -0.506 e. The van der Waals surface area contributed by atoms with Crippen LogP contribution in [0.3, 0.4) is 0 Å². The molecule has 4 heteroatoms. The summed E-state index contributed by atoms with van der Waals surface area (Å²) in [5, 5.41) is 13.5. The van der Waals surface area contributed by atoms with Crippen LogP contribution in [0.5, 0.6) is 5.75 Å². The summed E-state index contributed by atoms with van der Waals surface area (Å²) in [4.78, 5) is 15.5. The molecule has 2 aromatic carbocycles. The molecule has 4 nitrogen and oxygen atoms in total. The van der Waals surface area contributed by atoms with Gasteiger partial charge in [-0.2, -0.15) is 0 Å². The average molecular weight is 280 g/mol. The Morgan fingerprint density at radius 1 is 1.14 bits per heavy atom. The van der Waals surface area contributed by atoms with E-state index >= 15 is 0 Å². The summed E-state index contributed by atoms with van der Waals surface area (Å²) in [5.74, 6) is -0.0779. The largest absolute Gasteiger partial charge is 0.506 e. The van der Waals surface area contributed by atoms with Crippen molar-refractivity contribution >= 4 is 22.5 Å². The first-order chi connectivity index (χ1) is 10.1. The third-order valence-corrected chi connectivity index (χ3v) is 3.54. The number of hydrogen-bond acceptors (Lipinski definition) is 2. The first kappa shape index (κ1) is 13.2. The lowest BCUT2D eigenvalue weighted by Crippen LogP contribution is -2.14. The topological polar surface area (TPSA) is 65.1 Å². The van der Waals surface area contributed by atoms with E-state index in [0.717, 1.165) is 22.2 Å². The number of benzene rings is 2. The van der Waals surface area contributed by atoms with Gasteiger partial charge in [-0.1, -0.05) is 30.3 Å². The maximum Gasteiger partial charge on any atom is 0.228 e. The van der Waals surface area contributed by atoms with E-state index in [1.54, 1.807) is 24.3 Å². The molecule has 0 fully saturated rings. The normalized spacial score (nSPS) is 10.7. The minimum atomic E-state index is -0.149. The van der Waals surface area contributed by atoms with Crippen molar-refractivity contribution in [1.82, 2.24) is 4.98 Å². The molecule has 3 N–H and O–H groups in total. The van der Waals surface area contributed by atoms with Crippen molar-refractivity contribution in [2.75, 3.05) is 5.32 Å². The molecule has 21 heavy (non-hydrogen) atoms. The van der Waals surface area contributed by atoms with Gasteiger partial charge in [-0.15, -0.1) is 0 Å². The van der Waals surface area contributed by atoms with Crippen LogP contribution in [0.2, 0.25) is 0 Å². The van der Waals surface area contributed by atoms with Gasteiger partial charge in [0, 0.05) is 16.6 Å². The van der Waals surface area contributed by atoms with E-state index in [4.69, 9.17) is 0 Å². The van der Waals surface area contributed by atoms with E-state index in [2.05, 4.69) is 10.3 Å². The third kappa shape index (κ3) is 2.60. The number of anilines is 1. The van der Waals surface area contributed by atoms with Crippen molar-refractivity contribution < 1.29 is 9.90 Å². The maximum atomic E-state index is 12.2. The van der Waals surface area contributed by atoms with E-state index in [-0.39, 0.29) is 18.1 Å². The second-order valence-corrected chi connectivity index (χ2v) is 5.02. The number of fused-ring (bicyclic) bond motifs is 1. The van der Waals surface area contributed by atoms with Crippen LogP contribution in [-0.4, -0.2) is 16.0 Å². The number of aromatic hydroxyl groups is 1. The molecular weight excluding hydrogens is 264 g/mol. The standard InChI is InChI=1S/C17H16N2O2/c1-11-13(12-6-2-3-7-14(12)18-11)10-17(21)19-15-8-4-5-9-16(15)20/h2-9,18,20H,10H2,1H3,(H,19,21). The van der Waals surface area contributed by atoms with Crippen molar-refractivity contribution in [3.63, 3.8) is 0 Å². The third-order valence-electron chi connectivity index (χ3n) is 3.54. The summed E-state index contributed by atoms with van der Waals surface area (Å²) in [6.45, 7) is 1.96. The smallest absolute Gasteiger partial charge is 0.228 e. The molecule has 0 bridgehead atoms. The zero-order chi connectivity index (χ0) is 14.8. The Morgan fingerprint density at radius 3 is 2.67 bits per heavy atom. The van der Waals surface area contributed by atoms with Crippen molar-refractivity contribution in [1.29, 1.82) is 0 Å². The summed E-state index contributed by atoms with van der Waals surface area (Å²) >= 11 is 0. The Kier molecular flexibility index (Phi) is 3.36. The molecule has 1 amide bonds. The number of H-pyrrole nitrogens is 1. The van der Waals surface area contributed by atoms with Gasteiger partial charge >= 0.3 is 0 Å². The SMILES string of the molecule is Cc1[nH]c2ccccc2c1CC(=O)Nc1ccccc1O. The van der Waals surface area contributed by atoms with Crippen molar-refractivity contribution in [2.24, 2.45) is 0 Å². The van der Waals surface area contributed by atoms with Gasteiger partial charge in [0.2, 0.25) is 5.91 Å². The number of hydrogen-bond donors (Lipinski definition) is 3. The Bertz CT molecular complexity index is 805. The second kappa shape index (κ2) is 5.32. The summed E-state index contributed by atoms with van der Waals surface area (Å²) in [5.41, 5.74) is 3.43. The minimum absolute atomic E-state index is 0.0708. The molecule has 0 aliphatic carbocycles. The van der Waals surface area contributed by atoms with Crippen LogP contribution in [-0.2, 0) is 11.2 Å². The number of phenolic OH excluding ortho intramolecular Hbond substituents is 1. The van der Waals surface area contributed by atoms with Crippen LogP contribution in [0.15, 0.2) is 48.5 Å². The molecule has 0 radical (unpaired) electrons. The molecular formula is C17H16N2O2. The number of aromatic amines is 1. The number of carbonyl (C=O) groups excluding carboxylic acids is 1. The highest BCUT2D eigenvalue weighted by Crippen LogP contribution is 2.24. The fourth-order valence-electron chi connectivity index (χ4n) is 2.50. The fraction of sp³-hybridized carbons (Fsp3) is 0.118. The molecule has 3 aromatic rings. The van der Waals surface area contributed by atoms with E-state index < -0.39 is 0 Å². The Hall–Kier alpha value is -2.75. The van der Waals surface area contributed by atoms with E-state index in [1.807, 2.05) is 31.2 Å². The number of phenols is 1. The average Bonchev–Trinajstić information content (AvgIpc) is 2.78. The Labute approximate surface area is 122 Å². The zero-order valence-corrected chi connectivity index (χ0v) is 11.7. The number of carbonyl (C=O) groups is 1. The lowest BCUT2D eigenvalue weighted by Gasteiger charge is -2.07. The van der Waals surface area contributed by atoms with E-state index in [0.29, 0.717) is 5.69 Å². The van der Waals surface area contributed by atoms with Gasteiger partial charge in [0.05, 0.1) is 12.1 Å². The monoisotopic (exact) mass is 280 g/mol. The molecule has 0 unspecified atom stereocenters. The molecule has 0 atom stereocenters. The summed E-state index contributed by atoms with van der Waals surface area (Å²) in [7, 11) is 0. The number of para-hydroxylation sites is 3. The lowest BCUT2D eigenvalue weighted by atomic mass is 10.1. The van der Waals surface area contributed by atoms with Crippen LogP contribution in [0.25, 0.3) is 10.9 Å². The van der Waals surface area contributed by atoms with Crippen LogP contribution >= 0.6 is 0 Å². The number of amides is 1. The molecule has 0 aliphatic rings. The van der Waals surface area contributed by atoms with Gasteiger partial charge in [0.1, 0.15) is 5.75 Å². The molecule has 1 heterocycles. The Balaban J connectivity index is 1.84. The van der Waals surface area contributed by atoms with E-state index in [1.165, 1.54) is 0 Å². The highest BCUT2D eigenvalue weighted by atomic mass is 16.3. The molecule has 0 spiro atoms. The van der Waals surface area contributed by atoms with Crippen molar-refractivity contribution in [2.45, 2.75) is 13.3 Å². The summed E-state index contributed by atoms with van der Waals surface area (Å²) in [6, 6.07) is 14.6. The molecule has 1 aromatic heterocycles. The van der Waals surface area contributed by atoms with Crippen LogP contribution in [0.4, 0.5) is 5.69 Å². The molecule has 3 rings (SSSR count). The predicted molar refractivity (Wildman–Crippen MR) is 83.5 cm³/mol. The first-order valence-electron chi connectivity index (χ1n) is 6.79. The van der Waals surface area contributed by atoms with Gasteiger partial charge in [0.25, 0.3) is 0 Å². The van der Waals surface area contributed by atoms with Crippen LogP contribution in [0, 0.1) is 6.92 Å². The lowest BCUT2D eigenvalue weighted by molar-refractivity contribution is -0.115. The highest BCUT2D eigenvalue weighted by Gasteiger charge is 2.13. The maximum absolute atomic E-state index is 12.2. The number of nitrogens with one attached hydrogen (secondary N) is 2. The van der Waals surface area contributed by atoms with Gasteiger partial charge < -0.3 is 15.4 Å². The van der Waals surface area contributed by atoms with Gasteiger partial charge in [-0.25, -0.2) is 0 Å². The molecule has 106 valence electrons. The number of aromatic nitrogens is 1. The highest BCUT2D eigenvalue weighted by molar-refractivity contribution is 5.97. The first-order valence-corrected chi connectivity index (χ1v) is 6.79. The van der Waals surface area contributed by atoms with Gasteiger partial charge in [0.15, 0.2) is 0 Å². The van der Waals surface area contributed by atoms with Crippen molar-refractivity contribution in [3.05, 3.63) is 59.8 Å². The van der Waals surface area contributed by atoms with Gasteiger partial charge in [-0.3, -0.25) is 4.79 Å². The van der Waals surface area contributed by atoms with Gasteiger partial charge in [-0.05, 0) is 30.7 Å². The van der Waals surface area contributed by atoms with E-state index in [9.17, 15) is 9.90 Å². The number of aryl methyl sites for hydroxylation is 1. The van der Waals surface area contributed by atoms with Crippen molar-refractivity contribution in [3.8, 4) is 5.75 Å². The molecule has 0 saturated heterocycles. The Morgan fingerprint density at radius 2 is 1.86 bits per heavy atom. The predicted octanol–water partition coefficient (Wildman–Crippen LogP) is 3.36. The summed E-state index contributed by atoms with van der Waals surface area (Å²) in [6.07, 6.45) is 0.268. The fourth-order valence-corrected chi connectivity index (χ4v) is 2.50.